The highest BCUT2D eigenvalue weighted by molar-refractivity contribution is 9.10. The minimum absolute atomic E-state index is 0.0559. The summed E-state index contributed by atoms with van der Waals surface area (Å²) in [6.07, 6.45) is 2.59. The normalized spacial score (nSPS) is 11.5. The fourth-order valence-electron chi connectivity index (χ4n) is 4.61. The van der Waals surface area contributed by atoms with Gasteiger partial charge in [-0.1, -0.05) is 35.4 Å². The molecule has 0 spiro atoms. The molecule has 6 aromatic rings. The third-order valence-electron chi connectivity index (χ3n) is 6.89. The second-order valence-electron chi connectivity index (χ2n) is 9.99. The lowest BCUT2D eigenvalue weighted by molar-refractivity contribution is 0.584. The van der Waals surface area contributed by atoms with Crippen LogP contribution in [0.5, 0.6) is 0 Å². The Labute approximate surface area is 266 Å². The van der Waals surface area contributed by atoms with Crippen molar-refractivity contribution in [1.29, 1.82) is 10.5 Å². The summed E-state index contributed by atoms with van der Waals surface area (Å²) in [6.45, 7) is 3.70. The van der Waals surface area contributed by atoms with Crippen LogP contribution in [0.25, 0.3) is 21.8 Å². The fourth-order valence-corrected chi connectivity index (χ4v) is 7.99. The van der Waals surface area contributed by atoms with Crippen molar-refractivity contribution in [2.75, 3.05) is 0 Å². The van der Waals surface area contributed by atoms with Crippen molar-refractivity contribution < 1.29 is 25.6 Å². The molecule has 0 saturated heterocycles. The molecule has 45 heavy (non-hydrogen) atoms. The van der Waals surface area contributed by atoms with Gasteiger partial charge in [-0.3, -0.25) is 0 Å². The first-order chi connectivity index (χ1) is 21.3. The molecule has 8 nitrogen and oxygen atoms in total. The molecule has 0 bridgehead atoms. The first-order valence-corrected chi connectivity index (χ1v) is 16.7. The van der Waals surface area contributed by atoms with Gasteiger partial charge in [-0.2, -0.15) is 10.5 Å². The van der Waals surface area contributed by atoms with Crippen LogP contribution in [0.4, 0.5) is 8.78 Å². The second kappa shape index (κ2) is 11.9. The lowest BCUT2D eigenvalue weighted by Gasteiger charge is -2.08. The highest BCUT2D eigenvalue weighted by Crippen LogP contribution is 2.32. The van der Waals surface area contributed by atoms with E-state index in [4.69, 9.17) is 10.5 Å². The van der Waals surface area contributed by atoms with Crippen molar-refractivity contribution in [2.24, 2.45) is 0 Å². The smallest absolute Gasteiger partial charge is 0.238 e. The zero-order valence-electron chi connectivity index (χ0n) is 23.5. The zero-order valence-corrected chi connectivity index (χ0v) is 26.8. The summed E-state index contributed by atoms with van der Waals surface area (Å²) in [4.78, 5) is 0.149. The van der Waals surface area contributed by atoms with Crippen molar-refractivity contribution in [3.8, 4) is 12.1 Å². The predicted molar refractivity (Wildman–Crippen MR) is 168 cm³/mol. The van der Waals surface area contributed by atoms with Crippen LogP contribution in [0.1, 0.15) is 22.3 Å². The number of halogens is 3. The average molecular weight is 708 g/mol. The Morgan fingerprint density at radius 1 is 0.667 bits per heavy atom. The van der Waals surface area contributed by atoms with Crippen LogP contribution in [0, 0.1) is 48.1 Å². The first-order valence-electron chi connectivity index (χ1n) is 13.0. The molecule has 13 heteroatoms. The fraction of sp³-hybridized carbons (Fsp3) is 0.0625. The van der Waals surface area contributed by atoms with Crippen LogP contribution >= 0.6 is 15.9 Å². The lowest BCUT2D eigenvalue weighted by atomic mass is 10.2. The van der Waals surface area contributed by atoms with E-state index in [9.17, 15) is 25.6 Å². The molecule has 0 aliphatic heterocycles. The van der Waals surface area contributed by atoms with Crippen LogP contribution in [0.15, 0.2) is 106 Å². The van der Waals surface area contributed by atoms with Gasteiger partial charge < -0.3 is 0 Å². The number of hydrogen-bond acceptors (Lipinski definition) is 6. The number of aromatic nitrogens is 2. The van der Waals surface area contributed by atoms with Gasteiger partial charge in [0.2, 0.25) is 0 Å². The predicted octanol–water partition coefficient (Wildman–Crippen LogP) is 7.16. The van der Waals surface area contributed by atoms with Crippen molar-refractivity contribution in [3.05, 3.63) is 130 Å². The molecule has 226 valence electrons. The van der Waals surface area contributed by atoms with Gasteiger partial charge in [-0.25, -0.2) is 33.6 Å². The molecule has 6 rings (SSSR count). The summed E-state index contributed by atoms with van der Waals surface area (Å²) >= 11 is 3.23. The van der Waals surface area contributed by atoms with Crippen molar-refractivity contribution >= 4 is 57.8 Å². The summed E-state index contributed by atoms with van der Waals surface area (Å²) in [5, 5.41) is 18.5. The average Bonchev–Trinajstić information content (AvgIpc) is 3.60. The van der Waals surface area contributed by atoms with E-state index in [-0.39, 0.29) is 32.0 Å². The van der Waals surface area contributed by atoms with Crippen LogP contribution < -0.4 is 0 Å². The maximum atomic E-state index is 14.4. The van der Waals surface area contributed by atoms with Gasteiger partial charge in [0, 0.05) is 27.6 Å². The van der Waals surface area contributed by atoms with E-state index in [1.165, 1.54) is 54.9 Å². The Hall–Kier alpha value is -4.82. The van der Waals surface area contributed by atoms with Crippen molar-refractivity contribution in [2.45, 2.75) is 23.6 Å². The van der Waals surface area contributed by atoms with Gasteiger partial charge in [0.15, 0.2) is 0 Å². The molecule has 0 aliphatic carbocycles. The van der Waals surface area contributed by atoms with E-state index in [0.717, 1.165) is 31.2 Å². The molecule has 0 atom stereocenters. The summed E-state index contributed by atoms with van der Waals surface area (Å²) in [6, 6.07) is 22.8. The first kappa shape index (κ1) is 31.6. The highest BCUT2D eigenvalue weighted by atomic mass is 79.9. The standard InChI is InChI=1S/C16H10BrFN2O2S.C16H11FN2O2S/c1-10-2-4-12(5-3-10)23(21,22)20-9-14(17)13-6-11(8-19)7-15(18)16(13)20;1-11-2-4-14(5-3-11)22(20,21)19-7-6-13-8-12(10-18)9-15(17)16(13)19/h2-7,9H,1H3;2-9H,1H3. The van der Waals surface area contributed by atoms with Crippen LogP contribution in [0.2, 0.25) is 0 Å². The highest BCUT2D eigenvalue weighted by Gasteiger charge is 2.24. The maximum absolute atomic E-state index is 14.4. The van der Waals surface area contributed by atoms with Crippen molar-refractivity contribution in [1.82, 2.24) is 7.94 Å². The number of benzene rings is 4. The number of aryl methyl sites for hydroxylation is 2. The van der Waals surface area contributed by atoms with Crippen molar-refractivity contribution in [3.63, 3.8) is 0 Å². The van der Waals surface area contributed by atoms with Crippen LogP contribution in [-0.4, -0.2) is 24.8 Å². The Bertz CT molecular complexity index is 2420. The van der Waals surface area contributed by atoms with Gasteiger partial charge in [0.25, 0.3) is 20.0 Å². The molecular weight excluding hydrogens is 686 g/mol. The molecular formula is C32H21BrF2N4O4S2. The summed E-state index contributed by atoms with van der Waals surface area (Å²) in [7, 11) is -7.83. The topological polar surface area (TPSA) is 126 Å². The van der Waals surface area contributed by atoms with Gasteiger partial charge in [0.05, 0.1) is 38.6 Å². The second-order valence-corrected chi connectivity index (χ2v) is 14.5. The van der Waals surface area contributed by atoms with E-state index in [1.54, 1.807) is 24.3 Å². The molecule has 0 aliphatic rings. The molecule has 0 N–H and O–H groups in total. The van der Waals surface area contributed by atoms with E-state index in [1.807, 2.05) is 26.0 Å². The summed E-state index contributed by atoms with van der Waals surface area (Å²) < 4.78 is 81.7. The van der Waals surface area contributed by atoms with Gasteiger partial charge in [-0.05, 0) is 84.4 Å². The SMILES string of the molecule is Cc1ccc(S(=O)(=O)n2cc(Br)c3cc(C#N)cc(F)c32)cc1.Cc1ccc(S(=O)(=O)n2ccc3cc(C#N)cc(F)c32)cc1. The van der Waals surface area contributed by atoms with E-state index in [0.29, 0.717) is 15.2 Å². The van der Waals surface area contributed by atoms with Crippen LogP contribution in [0.3, 0.4) is 0 Å². The zero-order chi connectivity index (χ0) is 32.7. The Morgan fingerprint density at radius 2 is 1.13 bits per heavy atom. The van der Waals surface area contributed by atoms with E-state index in [2.05, 4.69) is 15.9 Å². The molecule has 0 fully saturated rings. The van der Waals surface area contributed by atoms with E-state index < -0.39 is 31.7 Å². The third-order valence-corrected chi connectivity index (χ3v) is 10.9. The van der Waals surface area contributed by atoms with Crippen LogP contribution in [-0.2, 0) is 20.0 Å². The maximum Gasteiger partial charge on any atom is 0.268 e. The number of nitrogens with zero attached hydrogens (tertiary/aromatic N) is 4. The Morgan fingerprint density at radius 3 is 1.64 bits per heavy atom. The molecule has 2 aromatic heterocycles. The Balaban J connectivity index is 0.000000178. The molecule has 4 aromatic carbocycles. The number of rotatable bonds is 4. The van der Waals surface area contributed by atoms with Gasteiger partial charge in [-0.15, -0.1) is 0 Å². The number of fused-ring (bicyclic) bond motifs is 2. The summed E-state index contributed by atoms with van der Waals surface area (Å²) in [5.74, 6) is -1.50. The van der Waals surface area contributed by atoms with Gasteiger partial charge >= 0.3 is 0 Å². The van der Waals surface area contributed by atoms with E-state index >= 15 is 0 Å². The Kier molecular flexibility index (Phi) is 8.38. The van der Waals surface area contributed by atoms with Gasteiger partial charge in [0.1, 0.15) is 17.2 Å². The third kappa shape index (κ3) is 5.85. The quantitative estimate of drug-likeness (QED) is 0.192. The molecule has 0 amide bonds. The monoisotopic (exact) mass is 706 g/mol. The molecule has 0 saturated carbocycles. The summed E-state index contributed by atoms with van der Waals surface area (Å²) in [5.41, 5.74) is 1.99. The molecule has 0 radical (unpaired) electrons. The minimum atomic E-state index is -3.94. The molecule has 0 unspecified atom stereocenters. The largest absolute Gasteiger partial charge is 0.268 e. The number of nitriles is 2. The lowest BCUT2D eigenvalue weighted by Crippen LogP contribution is -2.12. The minimum Gasteiger partial charge on any atom is -0.238 e. The molecule has 2 heterocycles. The number of hydrogen-bond donors (Lipinski definition) is 0.